The summed E-state index contributed by atoms with van der Waals surface area (Å²) in [5, 5.41) is 5.55. The van der Waals surface area contributed by atoms with Gasteiger partial charge in [0.25, 0.3) is 5.91 Å². The highest BCUT2D eigenvalue weighted by atomic mass is 32.1. The highest BCUT2D eigenvalue weighted by Crippen LogP contribution is 2.26. The summed E-state index contributed by atoms with van der Waals surface area (Å²) < 4.78 is 8.08. The van der Waals surface area contributed by atoms with Gasteiger partial charge in [0.05, 0.1) is 18.4 Å². The molecule has 0 spiro atoms. The van der Waals surface area contributed by atoms with Crippen LogP contribution in [0.4, 0.5) is 0 Å². The Balaban J connectivity index is 1.32. The third-order valence-corrected chi connectivity index (χ3v) is 7.04. The molecule has 0 bridgehead atoms. The van der Waals surface area contributed by atoms with Gasteiger partial charge in [0.1, 0.15) is 0 Å². The van der Waals surface area contributed by atoms with Gasteiger partial charge in [-0.05, 0) is 37.6 Å². The lowest BCUT2D eigenvalue weighted by atomic mass is 9.97. The molecule has 0 unspecified atom stereocenters. The Labute approximate surface area is 186 Å². The van der Waals surface area contributed by atoms with Gasteiger partial charge in [-0.25, -0.2) is 4.98 Å². The van der Waals surface area contributed by atoms with Crippen molar-refractivity contribution >= 4 is 22.2 Å². The third kappa shape index (κ3) is 4.25. The minimum atomic E-state index is 0.0381. The second-order valence-electron chi connectivity index (χ2n) is 8.35. The first-order valence-electron chi connectivity index (χ1n) is 11.0. The van der Waals surface area contributed by atoms with E-state index >= 15 is 0 Å². The molecule has 5 rings (SSSR count). The quantitative estimate of drug-likeness (QED) is 0.662. The molecule has 2 aliphatic rings. The van der Waals surface area contributed by atoms with Gasteiger partial charge >= 0.3 is 0 Å². The monoisotopic (exact) mass is 439 g/mol. The number of amides is 1. The van der Waals surface area contributed by atoms with Gasteiger partial charge in [-0.15, -0.1) is 11.3 Å². The molecule has 1 aromatic carbocycles. The summed E-state index contributed by atoms with van der Waals surface area (Å²) in [6, 6.07) is 8.50. The van der Waals surface area contributed by atoms with Crippen LogP contribution < -0.4 is 5.32 Å². The number of likely N-dealkylation sites (N-methyl/N-ethyl adjacent to an activating group) is 1. The number of thiazole rings is 1. The van der Waals surface area contributed by atoms with Crippen LogP contribution in [0.5, 0.6) is 0 Å². The predicted molar refractivity (Wildman–Crippen MR) is 122 cm³/mol. The van der Waals surface area contributed by atoms with Gasteiger partial charge in [0, 0.05) is 44.3 Å². The van der Waals surface area contributed by atoms with E-state index < -0.39 is 0 Å². The number of carbonyl (C=O) groups is 1. The lowest BCUT2D eigenvalue weighted by molar-refractivity contribution is 0.0422. The van der Waals surface area contributed by atoms with Crippen LogP contribution >= 0.6 is 11.3 Å². The smallest absolute Gasteiger partial charge is 0.274 e. The molecule has 1 fully saturated rings. The normalized spacial score (nSPS) is 20.0. The van der Waals surface area contributed by atoms with Crippen molar-refractivity contribution < 1.29 is 9.53 Å². The molecular formula is C23H29N5O2S. The number of benzene rings is 1. The van der Waals surface area contributed by atoms with Crippen molar-refractivity contribution in [1.82, 2.24) is 24.5 Å². The van der Waals surface area contributed by atoms with E-state index in [1.807, 2.05) is 20.9 Å². The lowest BCUT2D eigenvalue weighted by Gasteiger charge is -2.26. The molecule has 1 N–H and O–H groups in total. The lowest BCUT2D eigenvalue weighted by Crippen LogP contribution is -2.35. The fourth-order valence-electron chi connectivity index (χ4n) is 4.54. The zero-order chi connectivity index (χ0) is 21.2. The van der Waals surface area contributed by atoms with Crippen LogP contribution in [0, 0.1) is 0 Å². The molecule has 31 heavy (non-hydrogen) atoms. The standard InChI is InChI=1S/C23H29N5O2S/c1-26-8-4-9-27(11-10-26)22(29)21-19(28-12-14-31-23(28)25-21)15-24-16-20-18-6-3-2-5-17(18)7-13-30-20/h2-3,5-6,12,14,20,24H,4,7-11,13,15-16H2,1H3/t20-/m0/s1. The summed E-state index contributed by atoms with van der Waals surface area (Å²) in [4.78, 5) is 23.2. The molecule has 8 heteroatoms. The summed E-state index contributed by atoms with van der Waals surface area (Å²) in [6.45, 7) is 5.50. The molecule has 2 aliphatic heterocycles. The Morgan fingerprint density at radius 3 is 3.10 bits per heavy atom. The number of rotatable bonds is 5. The number of nitrogens with one attached hydrogen (secondary N) is 1. The van der Waals surface area contributed by atoms with Crippen LogP contribution in [-0.2, 0) is 17.7 Å². The van der Waals surface area contributed by atoms with Crippen LogP contribution in [0.2, 0.25) is 0 Å². The highest BCUT2D eigenvalue weighted by Gasteiger charge is 2.26. The second-order valence-corrected chi connectivity index (χ2v) is 9.22. The van der Waals surface area contributed by atoms with Crippen LogP contribution in [0.15, 0.2) is 35.8 Å². The first-order chi connectivity index (χ1) is 15.2. The molecule has 1 saturated heterocycles. The van der Waals surface area contributed by atoms with Crippen LogP contribution in [0.1, 0.15) is 39.8 Å². The molecule has 2 aromatic heterocycles. The summed E-state index contributed by atoms with van der Waals surface area (Å²) in [5.41, 5.74) is 4.14. The van der Waals surface area contributed by atoms with Crippen molar-refractivity contribution in [3.8, 4) is 0 Å². The molecule has 164 valence electrons. The van der Waals surface area contributed by atoms with E-state index in [0.717, 1.165) is 56.3 Å². The third-order valence-electron chi connectivity index (χ3n) is 6.28. The van der Waals surface area contributed by atoms with E-state index in [-0.39, 0.29) is 12.0 Å². The highest BCUT2D eigenvalue weighted by molar-refractivity contribution is 7.15. The number of nitrogens with zero attached hydrogens (tertiary/aromatic N) is 4. The number of carbonyl (C=O) groups excluding carboxylic acids is 1. The van der Waals surface area contributed by atoms with Gasteiger partial charge < -0.3 is 19.9 Å². The SMILES string of the molecule is CN1CCCN(C(=O)c2nc3sccn3c2CNC[C@@H]2OCCc3ccccc32)CC1. The van der Waals surface area contributed by atoms with Crippen LogP contribution in [-0.4, -0.2) is 71.5 Å². The summed E-state index contributed by atoms with van der Waals surface area (Å²) >= 11 is 1.56. The minimum absolute atomic E-state index is 0.0381. The Bertz CT molecular complexity index is 1060. The van der Waals surface area contributed by atoms with Crippen molar-refractivity contribution in [3.63, 3.8) is 0 Å². The van der Waals surface area contributed by atoms with E-state index in [0.29, 0.717) is 18.8 Å². The number of hydrogen-bond acceptors (Lipinski definition) is 6. The van der Waals surface area contributed by atoms with E-state index in [1.54, 1.807) is 11.3 Å². The van der Waals surface area contributed by atoms with E-state index in [2.05, 4.69) is 41.5 Å². The number of hydrogen-bond donors (Lipinski definition) is 1. The number of fused-ring (bicyclic) bond motifs is 2. The zero-order valence-electron chi connectivity index (χ0n) is 17.9. The fraction of sp³-hybridized carbons (Fsp3) is 0.478. The Morgan fingerprint density at radius 2 is 2.16 bits per heavy atom. The molecule has 0 aliphatic carbocycles. The van der Waals surface area contributed by atoms with Gasteiger partial charge in [-0.3, -0.25) is 9.20 Å². The van der Waals surface area contributed by atoms with Crippen molar-refractivity contribution in [2.24, 2.45) is 0 Å². The molecule has 1 atom stereocenters. The first-order valence-corrected chi connectivity index (χ1v) is 11.9. The fourth-order valence-corrected chi connectivity index (χ4v) is 5.27. The number of aromatic nitrogens is 2. The largest absolute Gasteiger partial charge is 0.372 e. The molecule has 0 radical (unpaired) electrons. The zero-order valence-corrected chi connectivity index (χ0v) is 18.7. The average Bonchev–Trinajstić information content (AvgIpc) is 3.31. The van der Waals surface area contributed by atoms with Crippen molar-refractivity contribution in [3.05, 3.63) is 58.4 Å². The molecular weight excluding hydrogens is 410 g/mol. The average molecular weight is 440 g/mol. The predicted octanol–water partition coefficient (Wildman–Crippen LogP) is 2.58. The van der Waals surface area contributed by atoms with Crippen molar-refractivity contribution in [2.45, 2.75) is 25.5 Å². The van der Waals surface area contributed by atoms with Gasteiger partial charge in [0.2, 0.25) is 0 Å². The molecule has 4 heterocycles. The Morgan fingerprint density at radius 1 is 1.26 bits per heavy atom. The van der Waals surface area contributed by atoms with E-state index in [1.165, 1.54) is 11.1 Å². The van der Waals surface area contributed by atoms with Gasteiger partial charge in [0.15, 0.2) is 10.7 Å². The van der Waals surface area contributed by atoms with E-state index in [9.17, 15) is 4.79 Å². The molecule has 1 amide bonds. The molecule has 7 nitrogen and oxygen atoms in total. The maximum absolute atomic E-state index is 13.4. The Kier molecular flexibility index (Phi) is 6.04. The van der Waals surface area contributed by atoms with Gasteiger partial charge in [-0.2, -0.15) is 0 Å². The number of imidazole rings is 1. The van der Waals surface area contributed by atoms with Crippen LogP contribution in [0.3, 0.4) is 0 Å². The summed E-state index contributed by atoms with van der Waals surface area (Å²) in [5.74, 6) is 0.0438. The second kappa shape index (κ2) is 9.08. The maximum Gasteiger partial charge on any atom is 0.274 e. The minimum Gasteiger partial charge on any atom is -0.372 e. The molecule has 0 saturated carbocycles. The van der Waals surface area contributed by atoms with Gasteiger partial charge in [-0.1, -0.05) is 24.3 Å². The molecule has 3 aromatic rings. The first kappa shape index (κ1) is 20.6. The summed E-state index contributed by atoms with van der Waals surface area (Å²) in [7, 11) is 2.11. The topological polar surface area (TPSA) is 62.1 Å². The van der Waals surface area contributed by atoms with Crippen molar-refractivity contribution in [2.75, 3.05) is 46.4 Å². The van der Waals surface area contributed by atoms with Crippen molar-refractivity contribution in [1.29, 1.82) is 0 Å². The number of ether oxygens (including phenoxy) is 1. The summed E-state index contributed by atoms with van der Waals surface area (Å²) in [6.07, 6.45) is 4.00. The maximum atomic E-state index is 13.4. The van der Waals surface area contributed by atoms with E-state index in [4.69, 9.17) is 9.72 Å². The van der Waals surface area contributed by atoms with Crippen LogP contribution in [0.25, 0.3) is 4.96 Å². The Hall–Kier alpha value is -2.26.